The number of fused-ring (bicyclic) bond motifs is 14. The molecule has 11 N–H and O–H groups in total. The molecule has 6 atom stereocenters. The fourth-order valence-electron chi connectivity index (χ4n) is 9.11. The summed E-state index contributed by atoms with van der Waals surface area (Å²) in [4.78, 5) is 154. The lowest BCUT2D eigenvalue weighted by molar-refractivity contribution is -0.140. The number of benzene rings is 2. The maximum absolute atomic E-state index is 14.8. The number of amides is 8. The second kappa shape index (κ2) is 29.0. The van der Waals surface area contributed by atoms with E-state index in [-0.39, 0.29) is 68.7 Å². The highest BCUT2D eigenvalue weighted by Gasteiger charge is 2.33. The molecule has 10 rings (SSSR count). The quantitative estimate of drug-likeness (QED) is 0.0425. The van der Waals surface area contributed by atoms with E-state index in [1.807, 2.05) is 49.6 Å². The molecule has 7 aromatic heterocycles. The summed E-state index contributed by atoms with van der Waals surface area (Å²) in [6.45, 7) is 12.2. The molecule has 476 valence electrons. The number of phenolic OH excluding ortho intramolecular Hbond substituents is 1. The number of hydrogen-bond donors (Lipinski definition) is 10. The van der Waals surface area contributed by atoms with Crippen molar-refractivity contribution < 1.29 is 53.4 Å². The van der Waals surface area contributed by atoms with Crippen LogP contribution in [0.4, 0.5) is 0 Å². The smallest absolute Gasteiger partial charge is 0.325 e. The molecule has 0 saturated heterocycles. The van der Waals surface area contributed by atoms with Crippen molar-refractivity contribution in [1.29, 1.82) is 0 Å². The predicted molar refractivity (Wildman–Crippen MR) is 350 cm³/mol. The predicted octanol–water partition coefficient (Wildman–Crippen LogP) is 7.28. The number of pyridine rings is 1. The van der Waals surface area contributed by atoms with Crippen molar-refractivity contribution >= 4 is 121 Å². The number of carbonyl (C=O) groups excluding carboxylic acids is 8. The molecule has 0 spiro atoms. The van der Waals surface area contributed by atoms with Crippen molar-refractivity contribution in [1.82, 2.24) is 72.1 Å². The Bertz CT molecular complexity index is 4380. The summed E-state index contributed by atoms with van der Waals surface area (Å²) < 4.78 is 0. The van der Waals surface area contributed by atoms with Crippen LogP contribution in [-0.4, -0.2) is 110 Å². The van der Waals surface area contributed by atoms with Gasteiger partial charge in [-0.3, -0.25) is 43.2 Å². The van der Waals surface area contributed by atoms with Gasteiger partial charge in [-0.25, -0.2) is 34.9 Å². The zero-order valence-electron chi connectivity index (χ0n) is 49.2. The van der Waals surface area contributed by atoms with Crippen LogP contribution in [0.5, 0.6) is 5.75 Å². The summed E-state index contributed by atoms with van der Waals surface area (Å²) in [7, 11) is 0. The number of nitrogens with two attached hydrogens (primary N) is 1. The number of nitrogens with one attached hydrogen (secondary N) is 7. The molecule has 10 bridgehead atoms. The molecule has 0 saturated carbocycles. The van der Waals surface area contributed by atoms with E-state index in [0.717, 1.165) is 50.9 Å². The van der Waals surface area contributed by atoms with Gasteiger partial charge in [0.25, 0.3) is 35.4 Å². The molecule has 26 nitrogen and oxygen atoms in total. The number of aromatic hydroxyl groups is 1. The molecule has 9 aromatic rings. The first kappa shape index (κ1) is 65.8. The van der Waals surface area contributed by atoms with Crippen LogP contribution in [0.2, 0.25) is 0 Å². The molecule has 93 heavy (non-hydrogen) atoms. The van der Waals surface area contributed by atoms with Crippen LogP contribution in [0.1, 0.15) is 120 Å². The van der Waals surface area contributed by atoms with Gasteiger partial charge in [0.2, 0.25) is 11.8 Å². The lowest BCUT2D eigenvalue weighted by Crippen LogP contribution is -2.49. The van der Waals surface area contributed by atoms with E-state index >= 15 is 0 Å². The number of rotatable bonds is 16. The lowest BCUT2D eigenvalue weighted by Gasteiger charge is -2.26. The van der Waals surface area contributed by atoms with Crippen LogP contribution < -0.4 is 43.0 Å². The van der Waals surface area contributed by atoms with E-state index in [4.69, 9.17) is 35.8 Å². The summed E-state index contributed by atoms with van der Waals surface area (Å²) >= 11 is 6.85. The van der Waals surface area contributed by atoms with E-state index in [9.17, 15) is 48.3 Å². The molecule has 0 fully saturated rings. The number of thiazole rings is 6. The molecule has 1 aliphatic rings. The standard InChI is InChI=1S/C61H55N15O11S6/c1-6-27(2)46-60-75-44(26-93-60)59-70-39(21-89-59)47-34(16-17-35(66-47)56-72-40(23-90-56)51(82)64-29(4)48(79)63-28(3)49(80)65-30(5)61(86)87)55-71-41(22-88-55)53(84)69-38(20-45(62)78)58-74-43(25-92-58)54(85)68-37(19-31-10-8-7-9-11-31)57-73-42(24-91-57)52(83)67-36(50(81)76-46)18-32-12-14-33(77)15-13-32/h7-17,21-27,30,36-38,46,77H,3-4,6,18-20H2,1-2,5H3,(H2,62,78)(H,63,79)(H,64,82)(H,65,80)(H,67,83)(H,68,85)(H,69,84)(H,76,81)(H,86,87). The van der Waals surface area contributed by atoms with Gasteiger partial charge in [-0.2, -0.15) is 0 Å². The normalized spacial score (nSPS) is 16.6. The first-order valence-electron chi connectivity index (χ1n) is 28.2. The number of nitrogens with zero attached hydrogens (tertiary/aromatic N) is 7. The van der Waals surface area contributed by atoms with E-state index in [2.05, 4.69) is 60.3 Å². The van der Waals surface area contributed by atoms with Gasteiger partial charge in [0.1, 0.15) is 87.7 Å². The Balaban J connectivity index is 1.00. The second-order valence-electron chi connectivity index (χ2n) is 21.0. The zero-order chi connectivity index (χ0) is 66.2. The zero-order valence-corrected chi connectivity index (χ0v) is 54.1. The third kappa shape index (κ3) is 16.0. The van der Waals surface area contributed by atoms with Crippen LogP contribution in [0, 0.1) is 5.92 Å². The molecule has 0 aliphatic carbocycles. The Morgan fingerprint density at radius 3 is 1.78 bits per heavy atom. The van der Waals surface area contributed by atoms with Crippen molar-refractivity contribution in [2.75, 3.05) is 0 Å². The monoisotopic (exact) mass is 1370 g/mol. The Kier molecular flexibility index (Phi) is 20.5. The van der Waals surface area contributed by atoms with Crippen molar-refractivity contribution in [3.63, 3.8) is 0 Å². The molecule has 8 amide bonds. The van der Waals surface area contributed by atoms with Gasteiger partial charge in [0.05, 0.1) is 41.6 Å². The first-order chi connectivity index (χ1) is 44.6. The fraction of sp³-hybridized carbons (Fsp3) is 0.213. The molecule has 0 radical (unpaired) electrons. The summed E-state index contributed by atoms with van der Waals surface area (Å²) in [5, 5.41) is 49.5. The highest BCUT2D eigenvalue weighted by molar-refractivity contribution is 7.15. The molecule has 1 aliphatic heterocycles. The number of phenols is 1. The van der Waals surface area contributed by atoms with Gasteiger partial charge < -0.3 is 53.2 Å². The minimum absolute atomic E-state index is 0.0140. The Morgan fingerprint density at radius 2 is 1.11 bits per heavy atom. The average molecular weight is 1370 g/mol. The third-order valence-corrected chi connectivity index (χ3v) is 19.7. The van der Waals surface area contributed by atoms with Crippen molar-refractivity contribution in [2.24, 2.45) is 11.7 Å². The van der Waals surface area contributed by atoms with Gasteiger partial charge in [0, 0.05) is 44.3 Å². The summed E-state index contributed by atoms with van der Waals surface area (Å²) in [6, 6.07) is 13.9. The molecular weight excluding hydrogens is 1310 g/mol. The van der Waals surface area contributed by atoms with Gasteiger partial charge in [0.15, 0.2) is 0 Å². The van der Waals surface area contributed by atoms with Gasteiger partial charge >= 0.3 is 5.97 Å². The fourth-order valence-corrected chi connectivity index (χ4v) is 14.2. The molecule has 32 heteroatoms. The van der Waals surface area contributed by atoms with Crippen LogP contribution in [0.3, 0.4) is 0 Å². The molecule has 2 aromatic carbocycles. The largest absolute Gasteiger partial charge is 0.508 e. The average Bonchev–Trinajstić information content (AvgIpc) is 1.69. The summed E-state index contributed by atoms with van der Waals surface area (Å²) in [6.07, 6.45) is 0.497. The van der Waals surface area contributed by atoms with E-state index < -0.39 is 101 Å². The second-order valence-corrected chi connectivity index (χ2v) is 26.2. The molecule has 8 heterocycles. The maximum Gasteiger partial charge on any atom is 0.325 e. The topological polar surface area (TPSA) is 395 Å². The number of carboxylic acids is 1. The number of carboxylic acid groups (broad SMARTS) is 1. The Morgan fingerprint density at radius 1 is 0.570 bits per heavy atom. The lowest BCUT2D eigenvalue weighted by atomic mass is 9.98. The van der Waals surface area contributed by atoms with Crippen molar-refractivity contribution in [3.05, 3.63) is 172 Å². The highest BCUT2D eigenvalue weighted by atomic mass is 32.1. The van der Waals surface area contributed by atoms with Gasteiger partial charge in [-0.1, -0.05) is 75.9 Å². The minimum Gasteiger partial charge on any atom is -0.508 e. The minimum atomic E-state index is -1.32. The molecular formula is C61H55N15O11S6. The number of primary amides is 1. The van der Waals surface area contributed by atoms with Gasteiger partial charge in [-0.15, -0.1) is 68.0 Å². The summed E-state index contributed by atoms with van der Waals surface area (Å²) in [5.74, 6) is -7.59. The van der Waals surface area contributed by atoms with E-state index in [1.54, 1.807) is 29.6 Å². The Hall–Kier alpha value is -10.1. The first-order valence-corrected chi connectivity index (χ1v) is 33.5. The van der Waals surface area contributed by atoms with Crippen LogP contribution >= 0.6 is 68.0 Å². The van der Waals surface area contributed by atoms with Crippen molar-refractivity contribution in [3.8, 4) is 49.1 Å². The van der Waals surface area contributed by atoms with Crippen molar-refractivity contribution in [2.45, 2.75) is 76.7 Å². The number of carbonyl (C=O) groups is 9. The number of aliphatic carboxylic acids is 1. The third-order valence-electron chi connectivity index (χ3n) is 14.3. The SMILES string of the molecule is C=C(NC(=O)c1csc(-c2ccc3c(n2)-c2csc(n2)-c2csc(n2)C(C(C)CC)NC(=O)C(Cc2ccc(O)cc2)NC(=O)c2csc(n2)C(Cc2ccccc2)NC(=O)c2csc(n2)C(CC(N)=O)NC(=O)c2csc-3n2)n1)C(=O)NC(=C)C(=O)NC(C)C(=O)O. The van der Waals surface area contributed by atoms with E-state index in [1.165, 1.54) is 63.3 Å². The van der Waals surface area contributed by atoms with Crippen LogP contribution in [-0.2, 0) is 36.8 Å². The maximum atomic E-state index is 14.8. The summed E-state index contributed by atoms with van der Waals surface area (Å²) in [5.41, 5.74) is 7.77. The number of hydrogen-bond acceptors (Lipinski definition) is 23. The van der Waals surface area contributed by atoms with Gasteiger partial charge in [-0.05, 0) is 54.7 Å². The highest BCUT2D eigenvalue weighted by Crippen LogP contribution is 2.39. The molecule has 6 unspecified atom stereocenters. The Labute approximate surface area is 553 Å². The van der Waals surface area contributed by atoms with Crippen LogP contribution in [0.25, 0.3) is 43.4 Å². The van der Waals surface area contributed by atoms with E-state index in [0.29, 0.717) is 49.0 Å². The van der Waals surface area contributed by atoms with Crippen LogP contribution in [0.15, 0.2) is 124 Å². The number of aromatic nitrogens is 7.